The van der Waals surface area contributed by atoms with Crippen molar-refractivity contribution in [1.29, 1.82) is 0 Å². The van der Waals surface area contributed by atoms with Crippen LogP contribution in [0.4, 0.5) is 0 Å². The number of nitrogens with zero attached hydrogens (tertiary/aromatic N) is 1. The molecule has 2 aromatic rings. The monoisotopic (exact) mass is 418 g/mol. The highest BCUT2D eigenvalue weighted by molar-refractivity contribution is 7.99. The van der Waals surface area contributed by atoms with Crippen LogP contribution in [0.1, 0.15) is 31.4 Å². The number of hydrogen-bond donors (Lipinski definition) is 1. The van der Waals surface area contributed by atoms with Crippen molar-refractivity contribution >= 4 is 35.2 Å². The fourth-order valence-electron chi connectivity index (χ4n) is 2.91. The van der Waals surface area contributed by atoms with Crippen LogP contribution in [0.25, 0.3) is 0 Å². The van der Waals surface area contributed by atoms with Crippen LogP contribution in [0.3, 0.4) is 0 Å². The Balaban J connectivity index is 2.09. The lowest BCUT2D eigenvalue weighted by molar-refractivity contribution is -0.139. The van der Waals surface area contributed by atoms with E-state index in [2.05, 4.69) is 5.32 Å². The zero-order valence-corrected chi connectivity index (χ0v) is 17.9. The molecule has 0 aromatic heterocycles. The van der Waals surface area contributed by atoms with Crippen LogP contribution in [0.5, 0.6) is 0 Å². The highest BCUT2D eigenvalue weighted by atomic mass is 35.5. The van der Waals surface area contributed by atoms with E-state index < -0.39 is 6.04 Å². The van der Waals surface area contributed by atoms with E-state index in [0.29, 0.717) is 30.3 Å². The quantitative estimate of drug-likeness (QED) is 0.617. The lowest BCUT2D eigenvalue weighted by atomic mass is 10.1. The topological polar surface area (TPSA) is 49.4 Å². The molecular formula is C22H27ClN2O2S. The first-order valence-corrected chi connectivity index (χ1v) is 11.0. The molecule has 6 heteroatoms. The second-order valence-corrected chi connectivity index (χ2v) is 7.87. The molecular weight excluding hydrogens is 392 g/mol. The number of thioether (sulfide) groups is 1. The fraction of sp³-hybridized carbons (Fsp3) is 0.364. The van der Waals surface area contributed by atoms with Gasteiger partial charge in [-0.1, -0.05) is 61.0 Å². The van der Waals surface area contributed by atoms with Gasteiger partial charge < -0.3 is 10.2 Å². The first-order valence-electron chi connectivity index (χ1n) is 9.48. The van der Waals surface area contributed by atoms with Gasteiger partial charge in [0.1, 0.15) is 6.04 Å². The van der Waals surface area contributed by atoms with E-state index in [9.17, 15) is 9.59 Å². The normalized spacial score (nSPS) is 11.7. The molecule has 0 radical (unpaired) electrons. The van der Waals surface area contributed by atoms with E-state index in [1.165, 1.54) is 5.56 Å². The summed E-state index contributed by atoms with van der Waals surface area (Å²) in [7, 11) is 0. The highest BCUT2D eigenvalue weighted by Gasteiger charge is 2.28. The molecule has 0 spiro atoms. The number of halogens is 1. The van der Waals surface area contributed by atoms with Gasteiger partial charge in [-0.3, -0.25) is 9.59 Å². The molecule has 2 amide bonds. The third kappa shape index (κ3) is 6.88. The smallest absolute Gasteiger partial charge is 0.242 e. The van der Waals surface area contributed by atoms with Gasteiger partial charge in [0.2, 0.25) is 11.8 Å². The van der Waals surface area contributed by atoms with Gasteiger partial charge in [-0.25, -0.2) is 0 Å². The van der Waals surface area contributed by atoms with E-state index in [-0.39, 0.29) is 11.8 Å². The van der Waals surface area contributed by atoms with Crippen LogP contribution in [0.15, 0.2) is 54.6 Å². The van der Waals surface area contributed by atoms with Gasteiger partial charge in [0.05, 0.1) is 5.75 Å². The van der Waals surface area contributed by atoms with Gasteiger partial charge in [-0.15, -0.1) is 11.8 Å². The van der Waals surface area contributed by atoms with Crippen molar-refractivity contribution in [1.82, 2.24) is 10.2 Å². The second-order valence-electron chi connectivity index (χ2n) is 6.45. The summed E-state index contributed by atoms with van der Waals surface area (Å²) >= 11 is 7.54. The van der Waals surface area contributed by atoms with Crippen molar-refractivity contribution in [3.05, 3.63) is 70.7 Å². The third-order valence-corrected chi connectivity index (χ3v) is 5.58. The summed E-state index contributed by atoms with van der Waals surface area (Å²) in [6, 6.07) is 17.0. The number of nitrogens with one attached hydrogen (secondary N) is 1. The Morgan fingerprint density at radius 3 is 2.32 bits per heavy atom. The molecule has 0 bridgehead atoms. The highest BCUT2D eigenvalue weighted by Crippen LogP contribution is 2.18. The number of carbonyl (C=O) groups is 2. The average molecular weight is 419 g/mol. The lowest BCUT2D eigenvalue weighted by Gasteiger charge is -2.30. The van der Waals surface area contributed by atoms with Crippen LogP contribution >= 0.6 is 23.4 Å². The molecule has 1 N–H and O–H groups in total. The summed E-state index contributed by atoms with van der Waals surface area (Å²) in [5, 5.41) is 3.50. The predicted octanol–water partition coefficient (Wildman–Crippen LogP) is 4.52. The van der Waals surface area contributed by atoms with Gasteiger partial charge in [0.15, 0.2) is 0 Å². The van der Waals surface area contributed by atoms with Crippen molar-refractivity contribution in [2.24, 2.45) is 0 Å². The zero-order valence-electron chi connectivity index (χ0n) is 16.4. The molecule has 0 fully saturated rings. The molecule has 0 saturated heterocycles. The Morgan fingerprint density at radius 2 is 1.71 bits per heavy atom. The predicted molar refractivity (Wildman–Crippen MR) is 117 cm³/mol. The number of rotatable bonds is 10. The van der Waals surface area contributed by atoms with E-state index >= 15 is 0 Å². The molecule has 28 heavy (non-hydrogen) atoms. The maximum atomic E-state index is 13.0. The summed E-state index contributed by atoms with van der Waals surface area (Å²) in [5.74, 6) is 0.951. The Labute approximate surface area is 176 Å². The molecule has 0 unspecified atom stereocenters. The van der Waals surface area contributed by atoms with Gasteiger partial charge in [-0.2, -0.15) is 0 Å². The molecule has 2 aromatic carbocycles. The molecule has 2 rings (SSSR count). The van der Waals surface area contributed by atoms with Crippen LogP contribution < -0.4 is 5.32 Å². The van der Waals surface area contributed by atoms with E-state index in [0.717, 1.165) is 11.3 Å². The minimum atomic E-state index is -0.486. The number of benzene rings is 2. The number of carbonyl (C=O) groups excluding carboxylic acids is 2. The second kappa shape index (κ2) is 11.8. The van der Waals surface area contributed by atoms with Gasteiger partial charge in [-0.05, 0) is 36.6 Å². The molecule has 4 nitrogen and oxygen atoms in total. The van der Waals surface area contributed by atoms with Crippen LogP contribution in [0.2, 0.25) is 5.02 Å². The molecule has 150 valence electrons. The first-order chi connectivity index (χ1) is 13.5. The van der Waals surface area contributed by atoms with Crippen molar-refractivity contribution in [3.63, 3.8) is 0 Å². The fourth-order valence-corrected chi connectivity index (χ4v) is 3.91. The van der Waals surface area contributed by atoms with Crippen molar-refractivity contribution < 1.29 is 9.59 Å². The van der Waals surface area contributed by atoms with Crippen LogP contribution in [-0.4, -0.2) is 35.1 Å². The van der Waals surface area contributed by atoms with Crippen LogP contribution in [0, 0.1) is 0 Å². The summed E-state index contributed by atoms with van der Waals surface area (Å²) in [5.41, 5.74) is 2.13. The molecule has 0 saturated carbocycles. The summed E-state index contributed by atoms with van der Waals surface area (Å²) in [6.45, 7) is 4.74. The minimum absolute atomic E-state index is 0.0333. The number of hydrogen-bond acceptors (Lipinski definition) is 3. The first kappa shape index (κ1) is 22.3. The van der Waals surface area contributed by atoms with Crippen molar-refractivity contribution in [2.75, 3.05) is 12.3 Å². The Kier molecular flexibility index (Phi) is 9.38. The van der Waals surface area contributed by atoms with Gasteiger partial charge in [0, 0.05) is 23.9 Å². The Morgan fingerprint density at radius 1 is 1.04 bits per heavy atom. The third-order valence-electron chi connectivity index (χ3n) is 4.34. The molecule has 0 aliphatic heterocycles. The maximum Gasteiger partial charge on any atom is 0.242 e. The molecule has 1 atom stereocenters. The maximum absolute atomic E-state index is 13.0. The number of amides is 2. The Hall–Kier alpha value is -1.98. The lowest BCUT2D eigenvalue weighted by Crippen LogP contribution is -2.49. The van der Waals surface area contributed by atoms with Gasteiger partial charge >= 0.3 is 0 Å². The van der Waals surface area contributed by atoms with Crippen LogP contribution in [-0.2, 0) is 21.9 Å². The Bertz CT molecular complexity index is 753. The standard InChI is InChI=1S/C22H27ClN2O2S/c1-3-20(22(27)24-4-2)25(14-17-10-12-19(23)13-11-17)21(26)16-28-15-18-8-6-5-7-9-18/h5-13,20H,3-4,14-16H2,1-2H3,(H,24,27)/t20-/m0/s1. The van der Waals surface area contributed by atoms with Gasteiger partial charge in [0.25, 0.3) is 0 Å². The number of likely N-dealkylation sites (N-methyl/N-ethyl adjacent to an activating group) is 1. The largest absolute Gasteiger partial charge is 0.355 e. The summed E-state index contributed by atoms with van der Waals surface area (Å²) in [6.07, 6.45) is 0.564. The molecule has 0 aliphatic rings. The van der Waals surface area contributed by atoms with E-state index in [1.54, 1.807) is 28.8 Å². The summed E-state index contributed by atoms with van der Waals surface area (Å²) < 4.78 is 0. The van der Waals surface area contributed by atoms with E-state index in [4.69, 9.17) is 11.6 Å². The van der Waals surface area contributed by atoms with Crippen molar-refractivity contribution in [3.8, 4) is 0 Å². The van der Waals surface area contributed by atoms with Crippen molar-refractivity contribution in [2.45, 2.75) is 38.6 Å². The average Bonchev–Trinajstić information content (AvgIpc) is 2.70. The minimum Gasteiger partial charge on any atom is -0.355 e. The molecule has 0 heterocycles. The molecule has 0 aliphatic carbocycles. The zero-order chi connectivity index (χ0) is 20.4. The van der Waals surface area contributed by atoms with E-state index in [1.807, 2.05) is 56.3 Å². The SMILES string of the molecule is CCNC(=O)[C@H](CC)N(Cc1ccc(Cl)cc1)C(=O)CSCc1ccccc1. The summed E-state index contributed by atoms with van der Waals surface area (Å²) in [4.78, 5) is 27.2.